The fourth-order valence-corrected chi connectivity index (χ4v) is 4.01. The van der Waals surface area contributed by atoms with Crippen LogP contribution in [-0.4, -0.2) is 31.6 Å². The van der Waals surface area contributed by atoms with Gasteiger partial charge in [0.05, 0.1) is 17.8 Å². The van der Waals surface area contributed by atoms with Crippen molar-refractivity contribution in [2.24, 2.45) is 0 Å². The number of hydrogen-bond acceptors (Lipinski definition) is 3. The van der Waals surface area contributed by atoms with Gasteiger partial charge in [0, 0.05) is 30.8 Å². The molecule has 0 amide bonds. The summed E-state index contributed by atoms with van der Waals surface area (Å²) in [7, 11) is 2.04. The van der Waals surface area contributed by atoms with Crippen molar-refractivity contribution in [3.63, 3.8) is 0 Å². The van der Waals surface area contributed by atoms with Crippen molar-refractivity contribution in [1.82, 2.24) is 24.8 Å². The van der Waals surface area contributed by atoms with Gasteiger partial charge in [-0.15, -0.1) is 0 Å². The van der Waals surface area contributed by atoms with Crippen molar-refractivity contribution in [1.29, 1.82) is 0 Å². The van der Waals surface area contributed by atoms with Crippen LogP contribution < -0.4 is 5.32 Å². The van der Waals surface area contributed by atoms with Crippen molar-refractivity contribution in [2.75, 3.05) is 7.05 Å². The van der Waals surface area contributed by atoms with Crippen LogP contribution in [0.3, 0.4) is 0 Å². The Labute approximate surface area is 158 Å². The third-order valence-corrected chi connectivity index (χ3v) is 5.41. The molecule has 2 unspecified atom stereocenters. The van der Waals surface area contributed by atoms with E-state index in [-0.39, 0.29) is 12.1 Å². The molecular formula is C20H21N5S. The molecule has 0 aromatic carbocycles. The Bertz CT molecular complexity index is 936. The first-order valence-electron chi connectivity index (χ1n) is 8.62. The van der Waals surface area contributed by atoms with E-state index in [4.69, 9.17) is 12.2 Å². The lowest BCUT2D eigenvalue weighted by Gasteiger charge is -2.24. The molecule has 2 atom stereocenters. The third-order valence-electron chi connectivity index (χ3n) is 5.01. The lowest BCUT2D eigenvalue weighted by molar-refractivity contribution is 0.367. The first-order valence-corrected chi connectivity index (χ1v) is 9.03. The average molecular weight is 363 g/mol. The average Bonchev–Trinajstić information content (AvgIpc) is 3.12. The number of hydrogen-bond donors (Lipinski definition) is 1. The van der Waals surface area contributed by atoms with E-state index >= 15 is 0 Å². The van der Waals surface area contributed by atoms with Crippen LogP contribution in [0.2, 0.25) is 0 Å². The maximum absolute atomic E-state index is 5.54. The molecule has 0 bridgehead atoms. The predicted octanol–water partition coefficient (Wildman–Crippen LogP) is 3.49. The van der Waals surface area contributed by atoms with E-state index in [0.29, 0.717) is 0 Å². The van der Waals surface area contributed by atoms with Crippen LogP contribution in [0.15, 0.2) is 54.9 Å². The number of pyridine rings is 2. The fourth-order valence-electron chi connectivity index (χ4n) is 3.77. The molecule has 5 nitrogen and oxygen atoms in total. The number of thiocarbonyl (C=S) groups is 1. The van der Waals surface area contributed by atoms with Gasteiger partial charge in [0.1, 0.15) is 5.82 Å². The highest BCUT2D eigenvalue weighted by molar-refractivity contribution is 7.80. The van der Waals surface area contributed by atoms with Crippen LogP contribution in [-0.2, 0) is 0 Å². The molecule has 6 heteroatoms. The topological polar surface area (TPSA) is 46.0 Å². The predicted molar refractivity (Wildman–Crippen MR) is 106 cm³/mol. The zero-order chi connectivity index (χ0) is 18.3. The third kappa shape index (κ3) is 2.66. The Balaban J connectivity index is 1.82. The highest BCUT2D eigenvalue weighted by Crippen LogP contribution is 2.40. The molecule has 3 aromatic heterocycles. The maximum atomic E-state index is 5.54. The van der Waals surface area contributed by atoms with Gasteiger partial charge >= 0.3 is 0 Å². The van der Waals surface area contributed by atoms with Crippen molar-refractivity contribution < 1.29 is 0 Å². The Morgan fingerprint density at radius 2 is 1.77 bits per heavy atom. The summed E-state index contributed by atoms with van der Waals surface area (Å²) in [6, 6.07) is 14.3. The SMILES string of the molecule is Cc1cc(C2C(c3ccccn3)NC(=S)N2C)c(C)n1-c1ccccn1. The number of nitrogens with zero attached hydrogens (tertiary/aromatic N) is 4. The summed E-state index contributed by atoms with van der Waals surface area (Å²) in [5.41, 5.74) is 4.55. The van der Waals surface area contributed by atoms with Crippen molar-refractivity contribution in [3.8, 4) is 5.82 Å². The van der Waals surface area contributed by atoms with Gasteiger partial charge in [0.2, 0.25) is 0 Å². The second kappa shape index (κ2) is 6.53. The minimum Gasteiger partial charge on any atom is -0.352 e. The molecule has 1 N–H and O–H groups in total. The van der Waals surface area contributed by atoms with Crippen molar-refractivity contribution in [3.05, 3.63) is 77.5 Å². The van der Waals surface area contributed by atoms with Crippen LogP contribution in [0.5, 0.6) is 0 Å². The second-order valence-electron chi connectivity index (χ2n) is 6.59. The van der Waals surface area contributed by atoms with E-state index in [1.54, 1.807) is 0 Å². The summed E-state index contributed by atoms with van der Waals surface area (Å²) in [5.74, 6) is 0.930. The van der Waals surface area contributed by atoms with Crippen LogP contribution >= 0.6 is 12.2 Å². The van der Waals surface area contributed by atoms with Gasteiger partial charge < -0.3 is 14.8 Å². The van der Waals surface area contributed by atoms with Crippen molar-refractivity contribution in [2.45, 2.75) is 25.9 Å². The zero-order valence-corrected chi connectivity index (χ0v) is 15.9. The lowest BCUT2D eigenvalue weighted by Crippen LogP contribution is -2.25. The summed E-state index contributed by atoms with van der Waals surface area (Å²) in [6.45, 7) is 4.25. The molecule has 3 aromatic rings. The number of aryl methyl sites for hydroxylation is 1. The van der Waals surface area contributed by atoms with Crippen molar-refractivity contribution >= 4 is 17.3 Å². The fraction of sp³-hybridized carbons (Fsp3) is 0.250. The molecule has 1 aliphatic rings. The van der Waals surface area contributed by atoms with Gasteiger partial charge in [-0.2, -0.15) is 0 Å². The highest BCUT2D eigenvalue weighted by Gasteiger charge is 2.39. The molecule has 0 saturated carbocycles. The van der Waals surface area contributed by atoms with E-state index in [1.807, 2.05) is 55.8 Å². The van der Waals surface area contributed by atoms with E-state index in [2.05, 4.69) is 44.7 Å². The number of aromatic nitrogens is 3. The van der Waals surface area contributed by atoms with E-state index in [0.717, 1.165) is 22.3 Å². The van der Waals surface area contributed by atoms with Crippen LogP contribution in [0.4, 0.5) is 0 Å². The Morgan fingerprint density at radius 3 is 2.42 bits per heavy atom. The smallest absolute Gasteiger partial charge is 0.169 e. The van der Waals surface area contributed by atoms with Gasteiger partial charge in [0.15, 0.2) is 5.11 Å². The summed E-state index contributed by atoms with van der Waals surface area (Å²) >= 11 is 5.54. The highest BCUT2D eigenvalue weighted by atomic mass is 32.1. The molecule has 1 fully saturated rings. The molecular weight excluding hydrogens is 342 g/mol. The molecule has 0 radical (unpaired) electrons. The first-order chi connectivity index (χ1) is 12.6. The Hall–Kier alpha value is -2.73. The normalized spacial score (nSPS) is 19.7. The van der Waals surface area contributed by atoms with Gasteiger partial charge in [-0.25, -0.2) is 4.98 Å². The Morgan fingerprint density at radius 1 is 1.04 bits per heavy atom. The first kappa shape index (κ1) is 16.7. The summed E-state index contributed by atoms with van der Waals surface area (Å²) in [5, 5.41) is 4.18. The lowest BCUT2D eigenvalue weighted by atomic mass is 9.97. The molecule has 132 valence electrons. The minimum absolute atomic E-state index is 0.0198. The van der Waals surface area contributed by atoms with Crippen LogP contribution in [0.25, 0.3) is 5.82 Å². The van der Waals surface area contributed by atoms with Gasteiger partial charge in [-0.05, 0) is 62.0 Å². The largest absolute Gasteiger partial charge is 0.352 e. The van der Waals surface area contributed by atoms with E-state index in [1.165, 1.54) is 11.3 Å². The zero-order valence-electron chi connectivity index (χ0n) is 15.0. The number of rotatable bonds is 3. The van der Waals surface area contributed by atoms with Gasteiger partial charge in [0.25, 0.3) is 0 Å². The van der Waals surface area contributed by atoms with Crippen LogP contribution in [0.1, 0.15) is 34.7 Å². The quantitative estimate of drug-likeness (QED) is 0.722. The summed E-state index contributed by atoms with van der Waals surface area (Å²) in [4.78, 5) is 11.2. The second-order valence-corrected chi connectivity index (χ2v) is 6.97. The van der Waals surface area contributed by atoms with Crippen LogP contribution in [0, 0.1) is 13.8 Å². The van der Waals surface area contributed by atoms with E-state index in [9.17, 15) is 0 Å². The minimum atomic E-state index is 0.0198. The van der Waals surface area contributed by atoms with E-state index < -0.39 is 0 Å². The standard InChI is InChI=1S/C20H21N5S/c1-13-12-15(14(2)25(13)17-9-5-7-11-22-17)19-18(23-20(26)24(19)3)16-8-4-6-10-21-16/h4-12,18-19H,1-3H3,(H,23,26). The molecule has 0 aliphatic carbocycles. The molecule has 4 rings (SSSR count). The molecule has 4 heterocycles. The molecule has 26 heavy (non-hydrogen) atoms. The van der Waals surface area contributed by atoms with Gasteiger partial charge in [-0.1, -0.05) is 12.1 Å². The summed E-state index contributed by atoms with van der Waals surface area (Å²) in [6.07, 6.45) is 3.65. The molecule has 1 aliphatic heterocycles. The number of nitrogens with one attached hydrogen (secondary N) is 1. The number of likely N-dealkylation sites (N-methyl/N-ethyl adjacent to an activating group) is 1. The molecule has 1 saturated heterocycles. The monoisotopic (exact) mass is 363 g/mol. The van der Waals surface area contributed by atoms with Gasteiger partial charge in [-0.3, -0.25) is 4.98 Å². The Kier molecular flexibility index (Phi) is 4.20. The molecule has 0 spiro atoms. The maximum Gasteiger partial charge on any atom is 0.169 e. The summed E-state index contributed by atoms with van der Waals surface area (Å²) < 4.78 is 2.19.